The first kappa shape index (κ1) is 22.1. The van der Waals surface area contributed by atoms with Crippen molar-refractivity contribution in [2.24, 2.45) is 5.92 Å². The molecule has 1 unspecified atom stereocenters. The van der Waals surface area contributed by atoms with Gasteiger partial charge in [-0.25, -0.2) is 0 Å². The van der Waals surface area contributed by atoms with Crippen molar-refractivity contribution in [3.05, 3.63) is 131 Å². The van der Waals surface area contributed by atoms with Gasteiger partial charge in [0, 0.05) is 5.92 Å². The van der Waals surface area contributed by atoms with Gasteiger partial charge in [0.25, 0.3) is 0 Å². The molecule has 2 aromatic carbocycles. The quantitative estimate of drug-likeness (QED) is 0.393. The zero-order chi connectivity index (χ0) is 22.2. The third-order valence-corrected chi connectivity index (χ3v) is 6.60. The molecule has 0 fully saturated rings. The highest BCUT2D eigenvalue weighted by atomic mass is 14.2. The first-order chi connectivity index (χ1) is 15.8. The molecule has 0 N–H and O–H groups in total. The third kappa shape index (κ3) is 5.19. The molecule has 0 aliphatic heterocycles. The van der Waals surface area contributed by atoms with Crippen molar-refractivity contribution in [2.75, 3.05) is 0 Å². The van der Waals surface area contributed by atoms with Gasteiger partial charge < -0.3 is 0 Å². The molecule has 32 heavy (non-hydrogen) atoms. The molecule has 4 rings (SSSR count). The molecule has 2 aliphatic rings. The zero-order valence-corrected chi connectivity index (χ0v) is 19.4. The van der Waals surface area contributed by atoms with Gasteiger partial charge in [0.2, 0.25) is 0 Å². The fourth-order valence-corrected chi connectivity index (χ4v) is 4.96. The molecule has 0 spiro atoms. The molecule has 0 heterocycles. The van der Waals surface area contributed by atoms with Crippen LogP contribution in [0.2, 0.25) is 0 Å². The van der Waals surface area contributed by atoms with Crippen molar-refractivity contribution in [2.45, 2.75) is 46.0 Å². The van der Waals surface area contributed by atoms with Gasteiger partial charge in [-0.2, -0.15) is 0 Å². The van der Waals surface area contributed by atoms with Crippen molar-refractivity contribution < 1.29 is 0 Å². The SMILES string of the molecule is CC/C(=C(\C(C)=C(/CC1=CCCC=C1)c1ccccc1)c1ccccc1)C1C=CC=CC1. The molecular formula is C32H34. The highest BCUT2D eigenvalue weighted by molar-refractivity contribution is 5.91. The fourth-order valence-electron chi connectivity index (χ4n) is 4.96. The van der Waals surface area contributed by atoms with Gasteiger partial charge in [-0.15, -0.1) is 0 Å². The molecule has 0 radical (unpaired) electrons. The summed E-state index contributed by atoms with van der Waals surface area (Å²) in [5, 5.41) is 0. The summed E-state index contributed by atoms with van der Waals surface area (Å²) in [7, 11) is 0. The molecule has 0 heteroatoms. The second-order valence-corrected chi connectivity index (χ2v) is 8.68. The summed E-state index contributed by atoms with van der Waals surface area (Å²) in [4.78, 5) is 0. The topological polar surface area (TPSA) is 0 Å². The molecule has 2 aromatic rings. The predicted octanol–water partition coefficient (Wildman–Crippen LogP) is 9.12. The van der Waals surface area contributed by atoms with E-state index in [4.69, 9.17) is 0 Å². The van der Waals surface area contributed by atoms with E-state index in [0.717, 1.165) is 32.1 Å². The van der Waals surface area contributed by atoms with Crippen molar-refractivity contribution in [1.29, 1.82) is 0 Å². The molecule has 0 saturated carbocycles. The molecule has 2 aliphatic carbocycles. The van der Waals surface area contributed by atoms with Crippen LogP contribution < -0.4 is 0 Å². The van der Waals surface area contributed by atoms with E-state index in [-0.39, 0.29) is 0 Å². The maximum Gasteiger partial charge on any atom is 0.00237 e. The number of hydrogen-bond donors (Lipinski definition) is 0. The first-order valence-corrected chi connectivity index (χ1v) is 12.0. The van der Waals surface area contributed by atoms with E-state index in [2.05, 4.69) is 117 Å². The van der Waals surface area contributed by atoms with Gasteiger partial charge in [-0.05, 0) is 72.4 Å². The summed E-state index contributed by atoms with van der Waals surface area (Å²) >= 11 is 0. The Kier molecular flexibility index (Phi) is 7.56. The van der Waals surface area contributed by atoms with Crippen LogP contribution in [-0.4, -0.2) is 0 Å². The molecule has 0 saturated heterocycles. The third-order valence-electron chi connectivity index (χ3n) is 6.60. The van der Waals surface area contributed by atoms with Crippen LogP contribution in [0, 0.1) is 5.92 Å². The Bertz CT molecular complexity index is 1090. The largest absolute Gasteiger partial charge is 0.0840 e. The van der Waals surface area contributed by atoms with Crippen molar-refractivity contribution in [3.8, 4) is 0 Å². The fraction of sp³-hybridized carbons (Fsp3) is 0.250. The Morgan fingerprint density at radius 2 is 1.56 bits per heavy atom. The predicted molar refractivity (Wildman–Crippen MR) is 140 cm³/mol. The molecule has 162 valence electrons. The summed E-state index contributed by atoms with van der Waals surface area (Å²) < 4.78 is 0. The van der Waals surface area contributed by atoms with Gasteiger partial charge in [0.1, 0.15) is 0 Å². The summed E-state index contributed by atoms with van der Waals surface area (Å²) in [6, 6.07) is 22.0. The maximum atomic E-state index is 2.41. The molecule has 0 bridgehead atoms. The van der Waals surface area contributed by atoms with Gasteiger partial charge in [-0.1, -0.05) is 116 Å². The Hall–Kier alpha value is -3.12. The van der Waals surface area contributed by atoms with Gasteiger partial charge in [-0.3, -0.25) is 0 Å². The lowest BCUT2D eigenvalue weighted by molar-refractivity contribution is 0.735. The molecule has 0 aromatic heterocycles. The van der Waals surface area contributed by atoms with Crippen LogP contribution in [0.1, 0.15) is 57.1 Å². The molecule has 0 amide bonds. The van der Waals surface area contributed by atoms with Gasteiger partial charge in [0.05, 0.1) is 0 Å². The van der Waals surface area contributed by atoms with Gasteiger partial charge in [0.15, 0.2) is 0 Å². The maximum absolute atomic E-state index is 2.41. The first-order valence-electron chi connectivity index (χ1n) is 12.0. The van der Waals surface area contributed by atoms with Crippen LogP contribution in [0.4, 0.5) is 0 Å². The number of rotatable bonds is 7. The van der Waals surface area contributed by atoms with Crippen LogP contribution in [0.25, 0.3) is 11.1 Å². The van der Waals surface area contributed by atoms with Crippen LogP contribution >= 0.6 is 0 Å². The van der Waals surface area contributed by atoms with Crippen LogP contribution in [0.5, 0.6) is 0 Å². The normalized spacial score (nSPS) is 19.3. The summed E-state index contributed by atoms with van der Waals surface area (Å²) in [5.74, 6) is 0.459. The number of benzene rings is 2. The van der Waals surface area contributed by atoms with E-state index in [1.165, 1.54) is 39.0 Å². The molecule has 0 nitrogen and oxygen atoms in total. The van der Waals surface area contributed by atoms with E-state index >= 15 is 0 Å². The minimum Gasteiger partial charge on any atom is -0.0840 e. The summed E-state index contributed by atoms with van der Waals surface area (Å²) in [6.45, 7) is 4.65. The zero-order valence-electron chi connectivity index (χ0n) is 19.4. The average Bonchev–Trinajstić information content (AvgIpc) is 2.87. The van der Waals surface area contributed by atoms with E-state index in [1.54, 1.807) is 0 Å². The Labute approximate surface area is 194 Å². The average molecular weight is 419 g/mol. The highest BCUT2D eigenvalue weighted by Gasteiger charge is 2.20. The van der Waals surface area contributed by atoms with E-state index in [0.29, 0.717) is 5.92 Å². The van der Waals surface area contributed by atoms with E-state index in [1.807, 2.05) is 0 Å². The summed E-state index contributed by atoms with van der Waals surface area (Å²) in [5.41, 5.74) is 9.89. The minimum atomic E-state index is 0.459. The van der Waals surface area contributed by atoms with Crippen LogP contribution in [-0.2, 0) is 0 Å². The lowest BCUT2D eigenvalue weighted by atomic mass is 9.79. The number of hydrogen-bond acceptors (Lipinski definition) is 0. The van der Waals surface area contributed by atoms with Crippen molar-refractivity contribution in [1.82, 2.24) is 0 Å². The lowest BCUT2D eigenvalue weighted by Gasteiger charge is -2.25. The Morgan fingerprint density at radius 3 is 2.16 bits per heavy atom. The van der Waals surface area contributed by atoms with Crippen molar-refractivity contribution in [3.63, 3.8) is 0 Å². The monoisotopic (exact) mass is 418 g/mol. The minimum absolute atomic E-state index is 0.459. The second kappa shape index (κ2) is 11.0. The van der Waals surface area contributed by atoms with Gasteiger partial charge >= 0.3 is 0 Å². The molecule has 1 atom stereocenters. The van der Waals surface area contributed by atoms with E-state index in [9.17, 15) is 0 Å². The molecular weight excluding hydrogens is 384 g/mol. The summed E-state index contributed by atoms with van der Waals surface area (Å²) in [6.07, 6.45) is 21.5. The van der Waals surface area contributed by atoms with Crippen LogP contribution in [0.3, 0.4) is 0 Å². The van der Waals surface area contributed by atoms with Crippen molar-refractivity contribution >= 4 is 11.1 Å². The van der Waals surface area contributed by atoms with E-state index < -0.39 is 0 Å². The van der Waals surface area contributed by atoms with Crippen LogP contribution in [0.15, 0.2) is 120 Å². The lowest BCUT2D eigenvalue weighted by Crippen LogP contribution is -2.07. The highest BCUT2D eigenvalue weighted by Crippen LogP contribution is 2.40. The standard InChI is InChI=1S/C32H34/c1-3-30(27-18-10-5-11-19-27)32(29-22-14-7-15-23-29)25(2)31(28-20-12-6-13-21-28)24-26-16-8-4-9-17-26/h5-8,10-18,20-23,27H,3-4,9,19,24H2,1-2H3/b31-25+,32-30-. The smallest absolute Gasteiger partial charge is 0.00237 e. The number of allylic oxidation sites excluding steroid dienone is 12. The second-order valence-electron chi connectivity index (χ2n) is 8.68. The Balaban J connectivity index is 1.92. The Morgan fingerprint density at radius 1 is 0.844 bits per heavy atom.